The molecular formula is C20H17N3O4S. The lowest BCUT2D eigenvalue weighted by molar-refractivity contribution is -0.119. The predicted molar refractivity (Wildman–Crippen MR) is 107 cm³/mol. The number of nitrogens with one attached hydrogen (secondary N) is 3. The Bertz CT molecular complexity index is 1000. The fraction of sp³-hybridized carbons (Fsp3) is 0.0500. The molecule has 142 valence electrons. The second-order valence-electron chi connectivity index (χ2n) is 5.70. The highest BCUT2D eigenvalue weighted by Crippen LogP contribution is 2.25. The van der Waals surface area contributed by atoms with Gasteiger partial charge >= 0.3 is 0 Å². The molecule has 2 aromatic carbocycles. The van der Waals surface area contributed by atoms with Crippen LogP contribution < -0.4 is 20.9 Å². The molecule has 3 amide bonds. The average Bonchev–Trinajstić information content (AvgIpc) is 3.15. The van der Waals surface area contributed by atoms with Gasteiger partial charge in [0, 0.05) is 12.5 Å². The second kappa shape index (κ2) is 8.83. The Balaban J connectivity index is 1.70. The van der Waals surface area contributed by atoms with Gasteiger partial charge in [-0.3, -0.25) is 25.2 Å². The highest BCUT2D eigenvalue weighted by atomic mass is 32.1. The smallest absolute Gasteiger partial charge is 0.272 e. The average molecular weight is 395 g/mol. The Kier molecular flexibility index (Phi) is 6.03. The summed E-state index contributed by atoms with van der Waals surface area (Å²) in [6, 6.07) is 17.5. The van der Waals surface area contributed by atoms with Crippen molar-refractivity contribution in [1.82, 2.24) is 10.9 Å². The first kappa shape index (κ1) is 19.1. The first-order valence-corrected chi connectivity index (χ1v) is 9.19. The van der Waals surface area contributed by atoms with Gasteiger partial charge in [0.2, 0.25) is 5.91 Å². The molecule has 3 N–H and O–H groups in total. The number of amides is 3. The number of ether oxygens (including phenoxy) is 1. The van der Waals surface area contributed by atoms with Crippen molar-refractivity contribution in [2.45, 2.75) is 6.92 Å². The maximum absolute atomic E-state index is 12.6. The van der Waals surface area contributed by atoms with Crippen LogP contribution in [0, 0.1) is 0 Å². The van der Waals surface area contributed by atoms with Crippen molar-refractivity contribution >= 4 is 34.1 Å². The molecule has 7 nitrogen and oxygen atoms in total. The summed E-state index contributed by atoms with van der Waals surface area (Å²) in [7, 11) is 0. The molecule has 3 aromatic rings. The van der Waals surface area contributed by atoms with Crippen LogP contribution in [-0.2, 0) is 4.79 Å². The minimum atomic E-state index is -0.520. The standard InChI is InChI=1S/C20H17N3O4S/c1-13(24)22-23-19(26)17-10-11-28-20(17)21-18(25)14-6-5-9-16(12-14)27-15-7-3-2-4-8-15/h2-12H,1H3,(H,21,25)(H,22,24)(H,23,26). The van der Waals surface area contributed by atoms with E-state index >= 15 is 0 Å². The molecule has 1 heterocycles. The summed E-state index contributed by atoms with van der Waals surface area (Å²) in [5.41, 5.74) is 5.12. The summed E-state index contributed by atoms with van der Waals surface area (Å²) in [5, 5.41) is 4.77. The third kappa shape index (κ3) is 4.95. The molecule has 1 aromatic heterocycles. The number of thiophene rings is 1. The maximum Gasteiger partial charge on any atom is 0.272 e. The number of carbonyl (C=O) groups excluding carboxylic acids is 3. The minimum Gasteiger partial charge on any atom is -0.457 e. The fourth-order valence-electron chi connectivity index (χ4n) is 2.30. The summed E-state index contributed by atoms with van der Waals surface area (Å²) in [4.78, 5) is 35.6. The number of carbonyl (C=O) groups is 3. The Labute approximate surface area is 165 Å². The summed E-state index contributed by atoms with van der Waals surface area (Å²) >= 11 is 1.21. The first-order chi connectivity index (χ1) is 13.5. The summed E-state index contributed by atoms with van der Waals surface area (Å²) in [5.74, 6) is -0.115. The SMILES string of the molecule is CC(=O)NNC(=O)c1ccsc1NC(=O)c1cccc(Oc2ccccc2)c1. The second-order valence-corrected chi connectivity index (χ2v) is 6.61. The molecule has 0 aliphatic carbocycles. The Morgan fingerprint density at radius 3 is 2.36 bits per heavy atom. The number of anilines is 1. The third-order valence-electron chi connectivity index (χ3n) is 3.56. The summed E-state index contributed by atoms with van der Waals surface area (Å²) in [6.07, 6.45) is 0. The van der Waals surface area contributed by atoms with Crippen molar-refractivity contribution in [3.05, 3.63) is 77.2 Å². The molecule has 3 rings (SSSR count). The van der Waals surface area contributed by atoms with Crippen LogP contribution in [0.2, 0.25) is 0 Å². The van der Waals surface area contributed by atoms with Crippen LogP contribution in [0.15, 0.2) is 66.0 Å². The van der Waals surface area contributed by atoms with E-state index in [2.05, 4.69) is 16.2 Å². The van der Waals surface area contributed by atoms with Gasteiger partial charge in [-0.1, -0.05) is 24.3 Å². The molecule has 0 atom stereocenters. The molecule has 0 aliphatic heterocycles. The Morgan fingerprint density at radius 2 is 1.61 bits per heavy atom. The van der Waals surface area contributed by atoms with Crippen LogP contribution in [0.5, 0.6) is 11.5 Å². The largest absolute Gasteiger partial charge is 0.457 e. The zero-order valence-electron chi connectivity index (χ0n) is 14.9. The molecule has 28 heavy (non-hydrogen) atoms. The number of hydrogen-bond donors (Lipinski definition) is 3. The van der Waals surface area contributed by atoms with Gasteiger partial charge in [-0.15, -0.1) is 11.3 Å². The third-order valence-corrected chi connectivity index (χ3v) is 4.39. The van der Waals surface area contributed by atoms with E-state index in [-0.39, 0.29) is 11.5 Å². The lowest BCUT2D eigenvalue weighted by Crippen LogP contribution is -2.40. The van der Waals surface area contributed by atoms with Gasteiger partial charge in [-0.05, 0) is 41.8 Å². The van der Waals surface area contributed by atoms with Gasteiger partial charge in [0.05, 0.1) is 5.56 Å². The number of benzene rings is 2. The van der Waals surface area contributed by atoms with Crippen LogP contribution in [0.25, 0.3) is 0 Å². The van der Waals surface area contributed by atoms with Crippen LogP contribution in [0.1, 0.15) is 27.6 Å². The van der Waals surface area contributed by atoms with Crippen molar-refractivity contribution < 1.29 is 19.1 Å². The van der Waals surface area contributed by atoms with Crippen LogP contribution in [0.4, 0.5) is 5.00 Å². The minimum absolute atomic E-state index is 0.254. The normalized spacial score (nSPS) is 10.0. The molecule has 0 bridgehead atoms. The van der Waals surface area contributed by atoms with E-state index in [0.29, 0.717) is 22.1 Å². The van der Waals surface area contributed by atoms with E-state index in [1.807, 2.05) is 30.3 Å². The van der Waals surface area contributed by atoms with E-state index in [0.717, 1.165) is 0 Å². The van der Waals surface area contributed by atoms with Crippen molar-refractivity contribution in [2.24, 2.45) is 0 Å². The fourth-order valence-corrected chi connectivity index (χ4v) is 3.08. The van der Waals surface area contributed by atoms with E-state index < -0.39 is 11.8 Å². The van der Waals surface area contributed by atoms with Gasteiger partial charge in [0.25, 0.3) is 11.8 Å². The molecule has 8 heteroatoms. The lowest BCUT2D eigenvalue weighted by atomic mass is 10.2. The van der Waals surface area contributed by atoms with Gasteiger partial charge in [0.1, 0.15) is 16.5 Å². The zero-order chi connectivity index (χ0) is 19.9. The molecule has 0 spiro atoms. The van der Waals surface area contributed by atoms with E-state index in [1.54, 1.807) is 35.7 Å². The van der Waals surface area contributed by atoms with Crippen molar-refractivity contribution in [3.8, 4) is 11.5 Å². The summed E-state index contributed by atoms with van der Waals surface area (Å²) < 4.78 is 5.74. The molecule has 0 saturated carbocycles. The van der Waals surface area contributed by atoms with Crippen LogP contribution >= 0.6 is 11.3 Å². The molecular weight excluding hydrogens is 378 g/mol. The van der Waals surface area contributed by atoms with Gasteiger partial charge in [-0.2, -0.15) is 0 Å². The maximum atomic E-state index is 12.6. The molecule has 0 unspecified atom stereocenters. The molecule has 0 aliphatic rings. The van der Waals surface area contributed by atoms with Gasteiger partial charge < -0.3 is 10.1 Å². The lowest BCUT2D eigenvalue weighted by Gasteiger charge is -2.09. The van der Waals surface area contributed by atoms with Crippen molar-refractivity contribution in [3.63, 3.8) is 0 Å². The predicted octanol–water partition coefficient (Wildman–Crippen LogP) is 3.57. The highest BCUT2D eigenvalue weighted by Gasteiger charge is 2.16. The molecule has 0 fully saturated rings. The Hall–Kier alpha value is -3.65. The number of rotatable bonds is 5. The van der Waals surface area contributed by atoms with Crippen molar-refractivity contribution in [1.29, 1.82) is 0 Å². The molecule has 0 radical (unpaired) electrons. The van der Waals surface area contributed by atoms with Gasteiger partial charge in [0.15, 0.2) is 0 Å². The van der Waals surface area contributed by atoms with Crippen LogP contribution in [-0.4, -0.2) is 17.7 Å². The van der Waals surface area contributed by atoms with Crippen LogP contribution in [0.3, 0.4) is 0 Å². The topological polar surface area (TPSA) is 96.5 Å². The monoisotopic (exact) mass is 395 g/mol. The van der Waals surface area contributed by atoms with Crippen molar-refractivity contribution in [2.75, 3.05) is 5.32 Å². The first-order valence-electron chi connectivity index (χ1n) is 8.31. The van der Waals surface area contributed by atoms with E-state index in [1.165, 1.54) is 18.3 Å². The number of para-hydroxylation sites is 1. The number of hydrogen-bond acceptors (Lipinski definition) is 5. The highest BCUT2D eigenvalue weighted by molar-refractivity contribution is 7.14. The Morgan fingerprint density at radius 1 is 0.857 bits per heavy atom. The zero-order valence-corrected chi connectivity index (χ0v) is 15.7. The van der Waals surface area contributed by atoms with E-state index in [9.17, 15) is 14.4 Å². The molecule has 0 saturated heterocycles. The van der Waals surface area contributed by atoms with Gasteiger partial charge in [-0.25, -0.2) is 0 Å². The summed E-state index contributed by atoms with van der Waals surface area (Å²) in [6.45, 7) is 1.28. The quantitative estimate of drug-likeness (QED) is 0.576. The number of hydrazine groups is 1. The van der Waals surface area contributed by atoms with E-state index in [4.69, 9.17) is 4.74 Å².